The van der Waals surface area contributed by atoms with E-state index in [1.54, 1.807) is 12.1 Å². The first kappa shape index (κ1) is 36.5. The Bertz CT molecular complexity index is 1990. The van der Waals surface area contributed by atoms with E-state index in [1.165, 1.54) is 36.0 Å². The molecule has 0 unspecified atom stereocenters. The first-order valence-corrected chi connectivity index (χ1v) is 18.1. The van der Waals surface area contributed by atoms with Crippen LogP contribution in [0.5, 0.6) is 0 Å². The van der Waals surface area contributed by atoms with E-state index in [-0.39, 0.29) is 24.5 Å². The molecule has 0 atom stereocenters. The Morgan fingerprint density at radius 2 is 1.61 bits per heavy atom. The molecule has 0 saturated carbocycles. The molecule has 6 rings (SSSR count). The first-order chi connectivity index (χ1) is 24.6. The molecule has 0 fully saturated rings. The zero-order valence-electron chi connectivity index (χ0n) is 28.6. The molecule has 2 aromatic heterocycles. The van der Waals surface area contributed by atoms with Crippen LogP contribution in [0, 0.1) is 5.82 Å². The molecule has 51 heavy (non-hydrogen) atoms. The first-order valence-electron chi connectivity index (χ1n) is 17.1. The lowest BCUT2D eigenvalue weighted by Gasteiger charge is -2.19. The van der Waals surface area contributed by atoms with Crippen molar-refractivity contribution in [3.63, 3.8) is 0 Å². The van der Waals surface area contributed by atoms with Gasteiger partial charge in [-0.25, -0.2) is 4.39 Å². The maximum atomic E-state index is 13.6. The molecule has 0 N–H and O–H groups in total. The molecule has 13 heteroatoms. The normalized spacial score (nSPS) is 12.9. The third-order valence-corrected chi connectivity index (χ3v) is 10.3. The summed E-state index contributed by atoms with van der Waals surface area (Å²) in [7, 11) is 0. The summed E-state index contributed by atoms with van der Waals surface area (Å²) in [5.74, 6) is 1.41. The molecule has 0 aliphatic heterocycles. The molecule has 1 aliphatic carbocycles. The number of hydrogen-bond donors (Lipinski definition) is 0. The fraction of sp³-hybridized carbons (Fsp3) is 0.368. The minimum atomic E-state index is -4.43. The van der Waals surface area contributed by atoms with Gasteiger partial charge in [0.1, 0.15) is 12.4 Å². The lowest BCUT2D eigenvalue weighted by molar-refractivity contribution is -0.137. The van der Waals surface area contributed by atoms with Gasteiger partial charge in [-0.1, -0.05) is 74.1 Å². The Morgan fingerprint density at radius 3 is 2.33 bits per heavy atom. The van der Waals surface area contributed by atoms with Crippen molar-refractivity contribution in [3.05, 3.63) is 129 Å². The highest BCUT2D eigenvalue weighted by Crippen LogP contribution is 2.33. The highest BCUT2D eigenvalue weighted by Gasteiger charge is 2.30. The van der Waals surface area contributed by atoms with E-state index < -0.39 is 11.7 Å². The van der Waals surface area contributed by atoms with Gasteiger partial charge in [0.25, 0.3) is 5.56 Å². The molecule has 0 saturated heterocycles. The molecule has 0 bridgehead atoms. The van der Waals surface area contributed by atoms with Crippen LogP contribution >= 0.6 is 11.8 Å². The van der Waals surface area contributed by atoms with Crippen molar-refractivity contribution in [1.82, 2.24) is 29.2 Å². The Labute approximate surface area is 298 Å². The molecular weight excluding hydrogens is 681 g/mol. The van der Waals surface area contributed by atoms with E-state index in [2.05, 4.69) is 33.9 Å². The van der Waals surface area contributed by atoms with Crippen LogP contribution in [0.4, 0.5) is 17.6 Å². The van der Waals surface area contributed by atoms with Crippen molar-refractivity contribution in [2.75, 3.05) is 26.2 Å². The monoisotopic (exact) mass is 720 g/mol. The zero-order chi connectivity index (χ0) is 36.0. The molecule has 2 heterocycles. The Hall–Kier alpha value is -4.33. The number of halogens is 4. The number of benzene rings is 3. The van der Waals surface area contributed by atoms with Crippen LogP contribution in [0.1, 0.15) is 59.9 Å². The average molecular weight is 721 g/mol. The Balaban J connectivity index is 1.35. The van der Waals surface area contributed by atoms with Crippen LogP contribution in [0.3, 0.4) is 0 Å². The Kier molecular flexibility index (Phi) is 11.7. The standard InChI is InChI=1S/C38H40F4N6O2S/c1-3-46(4-2)20-21-50-24-35-45-44-34(48(35)22-28-8-5-6-9-31(28)27-14-16-29(17-15-27)38(40,41)42)23-47-33-11-7-10-32(33)36(49)43-37(47)51-25-26-12-18-30(39)19-13-26/h5-6,8-9,12-19H,3-4,7,10-11,20-25H2,1-2H3. The number of fused-ring (bicyclic) bond motifs is 1. The Morgan fingerprint density at radius 1 is 0.882 bits per heavy atom. The highest BCUT2D eigenvalue weighted by atomic mass is 32.2. The zero-order valence-corrected chi connectivity index (χ0v) is 29.4. The molecule has 0 spiro atoms. The SMILES string of the molecule is CCN(CC)CCOCc1nnc(Cn2c(SCc3ccc(F)cc3)nc(=O)c3c2CCC3)n1Cc1ccccc1-c1ccc(C(F)(F)F)cc1. The highest BCUT2D eigenvalue weighted by molar-refractivity contribution is 7.98. The summed E-state index contributed by atoms with van der Waals surface area (Å²) in [5, 5.41) is 9.74. The minimum Gasteiger partial charge on any atom is -0.372 e. The largest absolute Gasteiger partial charge is 0.416 e. The quantitative estimate of drug-likeness (QED) is 0.0483. The van der Waals surface area contributed by atoms with E-state index in [4.69, 9.17) is 4.74 Å². The predicted octanol–water partition coefficient (Wildman–Crippen LogP) is 7.40. The number of aromatic nitrogens is 5. The molecular formula is C38H40F4N6O2S. The number of nitrogens with zero attached hydrogens (tertiary/aromatic N) is 6. The third kappa shape index (κ3) is 8.77. The number of hydrogen-bond acceptors (Lipinski definition) is 7. The van der Waals surface area contributed by atoms with Crippen LogP contribution < -0.4 is 5.56 Å². The van der Waals surface area contributed by atoms with Crippen LogP contribution in [-0.2, 0) is 49.2 Å². The van der Waals surface area contributed by atoms with Gasteiger partial charge < -0.3 is 18.8 Å². The van der Waals surface area contributed by atoms with Gasteiger partial charge in [0.2, 0.25) is 0 Å². The average Bonchev–Trinajstić information content (AvgIpc) is 3.77. The number of likely N-dealkylation sites (N-methyl/N-ethyl adjacent to an activating group) is 1. The molecule has 5 aromatic rings. The molecule has 0 amide bonds. The van der Waals surface area contributed by atoms with Crippen molar-refractivity contribution in [2.24, 2.45) is 0 Å². The van der Waals surface area contributed by atoms with Gasteiger partial charge >= 0.3 is 6.18 Å². The van der Waals surface area contributed by atoms with E-state index in [0.717, 1.165) is 67.0 Å². The summed E-state index contributed by atoms with van der Waals surface area (Å²) < 4.78 is 63.7. The fourth-order valence-electron chi connectivity index (χ4n) is 6.35. The second-order valence-corrected chi connectivity index (χ2v) is 13.4. The van der Waals surface area contributed by atoms with Crippen LogP contribution in [-0.4, -0.2) is 55.5 Å². The van der Waals surface area contributed by atoms with E-state index in [0.29, 0.717) is 53.3 Å². The predicted molar refractivity (Wildman–Crippen MR) is 189 cm³/mol. The van der Waals surface area contributed by atoms with Gasteiger partial charge in [-0.15, -0.1) is 10.2 Å². The topological polar surface area (TPSA) is 78.1 Å². The lowest BCUT2D eigenvalue weighted by atomic mass is 9.98. The summed E-state index contributed by atoms with van der Waals surface area (Å²) >= 11 is 1.41. The summed E-state index contributed by atoms with van der Waals surface area (Å²) in [6.07, 6.45) is -2.20. The number of rotatable bonds is 15. The summed E-state index contributed by atoms with van der Waals surface area (Å²) in [6, 6.07) is 19.0. The van der Waals surface area contributed by atoms with Crippen LogP contribution in [0.25, 0.3) is 11.1 Å². The maximum absolute atomic E-state index is 13.6. The lowest BCUT2D eigenvalue weighted by Crippen LogP contribution is -2.27. The molecule has 0 radical (unpaired) electrons. The third-order valence-electron chi connectivity index (χ3n) is 9.23. The van der Waals surface area contributed by atoms with E-state index in [9.17, 15) is 22.4 Å². The summed E-state index contributed by atoms with van der Waals surface area (Å²) in [5.41, 5.74) is 3.92. The molecule has 268 valence electrons. The van der Waals surface area contributed by atoms with Crippen molar-refractivity contribution in [1.29, 1.82) is 0 Å². The van der Waals surface area contributed by atoms with Gasteiger partial charge in [-0.3, -0.25) is 4.79 Å². The van der Waals surface area contributed by atoms with Gasteiger partial charge in [0.05, 0.1) is 25.3 Å². The molecule has 8 nitrogen and oxygen atoms in total. The van der Waals surface area contributed by atoms with Crippen LogP contribution in [0.2, 0.25) is 0 Å². The second kappa shape index (κ2) is 16.3. The van der Waals surface area contributed by atoms with Gasteiger partial charge in [-0.2, -0.15) is 18.2 Å². The van der Waals surface area contributed by atoms with Gasteiger partial charge in [0.15, 0.2) is 16.8 Å². The summed E-state index contributed by atoms with van der Waals surface area (Å²) in [4.78, 5) is 19.9. The molecule has 3 aromatic carbocycles. The van der Waals surface area contributed by atoms with E-state index in [1.807, 2.05) is 33.4 Å². The maximum Gasteiger partial charge on any atom is 0.416 e. The van der Waals surface area contributed by atoms with Gasteiger partial charge in [0, 0.05) is 23.6 Å². The second-order valence-electron chi connectivity index (χ2n) is 12.4. The van der Waals surface area contributed by atoms with Crippen molar-refractivity contribution < 1.29 is 22.3 Å². The van der Waals surface area contributed by atoms with Gasteiger partial charge in [-0.05, 0) is 78.9 Å². The minimum absolute atomic E-state index is 0.212. The number of alkyl halides is 3. The number of thioether (sulfide) groups is 1. The van der Waals surface area contributed by atoms with Crippen molar-refractivity contribution >= 4 is 11.8 Å². The van der Waals surface area contributed by atoms with Crippen molar-refractivity contribution in [3.8, 4) is 11.1 Å². The smallest absolute Gasteiger partial charge is 0.372 e. The van der Waals surface area contributed by atoms with Crippen LogP contribution in [0.15, 0.2) is 82.7 Å². The van der Waals surface area contributed by atoms with Crippen molar-refractivity contribution in [2.45, 2.75) is 69.9 Å². The fourth-order valence-corrected chi connectivity index (χ4v) is 7.32. The van der Waals surface area contributed by atoms with E-state index >= 15 is 0 Å². The number of ether oxygens (including phenoxy) is 1. The summed E-state index contributed by atoms with van der Waals surface area (Å²) in [6.45, 7) is 8.16. The molecule has 1 aliphatic rings.